The fourth-order valence-corrected chi connectivity index (χ4v) is 2.51. The first kappa shape index (κ1) is 17.0. The predicted molar refractivity (Wildman–Crippen MR) is 89.9 cm³/mol. The van der Waals surface area contributed by atoms with Gasteiger partial charge >= 0.3 is 5.97 Å². The van der Waals surface area contributed by atoms with E-state index in [0.717, 1.165) is 24.4 Å². The van der Waals surface area contributed by atoms with Gasteiger partial charge in [-0.1, -0.05) is 0 Å². The number of amides is 1. The van der Waals surface area contributed by atoms with Crippen molar-refractivity contribution >= 4 is 23.3 Å². The summed E-state index contributed by atoms with van der Waals surface area (Å²) in [6.07, 6.45) is 0.904. The molecule has 1 aromatic rings. The first-order valence-corrected chi connectivity index (χ1v) is 7.83. The highest BCUT2D eigenvalue weighted by Crippen LogP contribution is 2.21. The van der Waals surface area contributed by atoms with E-state index < -0.39 is 5.97 Å². The molecule has 6 heteroatoms. The quantitative estimate of drug-likeness (QED) is 0.875. The van der Waals surface area contributed by atoms with Crippen molar-refractivity contribution < 1.29 is 14.7 Å². The molecule has 0 radical (unpaired) electrons. The molecule has 0 fully saturated rings. The average molecular weight is 317 g/mol. The number of carbonyl (C=O) groups excluding carboxylic acids is 1. The van der Waals surface area contributed by atoms with Crippen LogP contribution in [0.2, 0.25) is 0 Å². The van der Waals surface area contributed by atoms with E-state index in [4.69, 9.17) is 5.11 Å². The van der Waals surface area contributed by atoms with E-state index in [0.29, 0.717) is 5.56 Å². The zero-order chi connectivity index (χ0) is 17.0. The highest BCUT2D eigenvalue weighted by Gasteiger charge is 2.20. The van der Waals surface area contributed by atoms with Crippen molar-refractivity contribution in [2.24, 2.45) is 5.10 Å². The largest absolute Gasteiger partial charge is 0.481 e. The summed E-state index contributed by atoms with van der Waals surface area (Å²) in [5.41, 5.74) is 2.62. The first-order chi connectivity index (χ1) is 10.9. The van der Waals surface area contributed by atoms with Crippen LogP contribution in [0, 0.1) is 0 Å². The maximum atomic E-state index is 12.6. The van der Waals surface area contributed by atoms with Crippen molar-refractivity contribution in [3.8, 4) is 0 Å². The van der Waals surface area contributed by atoms with E-state index >= 15 is 0 Å². The lowest BCUT2D eigenvalue weighted by molar-refractivity contribution is -0.137. The minimum absolute atomic E-state index is 0.0487. The van der Waals surface area contributed by atoms with Crippen molar-refractivity contribution in [3.63, 3.8) is 0 Å². The van der Waals surface area contributed by atoms with E-state index in [1.165, 1.54) is 0 Å². The number of anilines is 1. The molecule has 0 bridgehead atoms. The van der Waals surface area contributed by atoms with Gasteiger partial charge in [0.1, 0.15) is 0 Å². The summed E-state index contributed by atoms with van der Waals surface area (Å²) < 4.78 is 0. The number of hydrogen-bond acceptors (Lipinski definition) is 4. The maximum absolute atomic E-state index is 12.6. The van der Waals surface area contributed by atoms with E-state index in [1.807, 2.05) is 37.9 Å². The van der Waals surface area contributed by atoms with Crippen LogP contribution in [0.4, 0.5) is 5.69 Å². The van der Waals surface area contributed by atoms with E-state index in [-0.39, 0.29) is 24.9 Å². The molecular weight excluding hydrogens is 294 g/mol. The Morgan fingerprint density at radius 1 is 1.30 bits per heavy atom. The Morgan fingerprint density at radius 3 is 2.43 bits per heavy atom. The number of nitrogens with zero attached hydrogens (tertiary/aromatic N) is 3. The zero-order valence-electron chi connectivity index (χ0n) is 13.8. The molecule has 1 heterocycles. The molecule has 23 heavy (non-hydrogen) atoms. The summed E-state index contributed by atoms with van der Waals surface area (Å²) in [6, 6.07) is 7.26. The number of carbonyl (C=O) groups is 2. The van der Waals surface area contributed by atoms with Gasteiger partial charge in [0.05, 0.1) is 12.1 Å². The van der Waals surface area contributed by atoms with Gasteiger partial charge in [-0.3, -0.25) is 14.6 Å². The van der Waals surface area contributed by atoms with Crippen molar-refractivity contribution in [1.29, 1.82) is 0 Å². The van der Waals surface area contributed by atoms with Crippen LogP contribution in [0.25, 0.3) is 0 Å². The van der Waals surface area contributed by atoms with Gasteiger partial charge in [-0.15, -0.1) is 0 Å². The number of rotatable bonds is 6. The molecule has 0 saturated carbocycles. The third-order valence-electron chi connectivity index (χ3n) is 3.84. The van der Waals surface area contributed by atoms with Gasteiger partial charge < -0.3 is 10.0 Å². The lowest BCUT2D eigenvalue weighted by atomic mass is 10.1. The fourth-order valence-electron chi connectivity index (χ4n) is 2.51. The molecule has 1 aliphatic heterocycles. The minimum Gasteiger partial charge on any atom is -0.481 e. The topological polar surface area (TPSA) is 73.2 Å². The standard InChI is InChI=1S/C17H23N3O3/c1-12(2)19(10-9-16(21)22)17(23)14-4-6-15(7-5-14)20-11-8-13(3)18-20/h4-7,12H,8-11H2,1-3H3,(H,21,22). The molecule has 0 aliphatic carbocycles. The lowest BCUT2D eigenvalue weighted by Gasteiger charge is -2.26. The smallest absolute Gasteiger partial charge is 0.305 e. The predicted octanol–water partition coefficient (Wildman–Crippen LogP) is 2.60. The van der Waals surface area contributed by atoms with Crippen LogP contribution in [0.15, 0.2) is 29.4 Å². The Balaban J connectivity index is 2.10. The van der Waals surface area contributed by atoms with Crippen LogP contribution in [0.5, 0.6) is 0 Å². The molecule has 0 spiro atoms. The summed E-state index contributed by atoms with van der Waals surface area (Å²) in [7, 11) is 0. The fraction of sp³-hybridized carbons (Fsp3) is 0.471. The Labute approximate surface area is 136 Å². The SMILES string of the molecule is CC1=NN(c2ccc(C(=O)N(CCC(=O)O)C(C)C)cc2)CC1. The van der Waals surface area contributed by atoms with Gasteiger partial charge in [-0.25, -0.2) is 0 Å². The van der Waals surface area contributed by atoms with Gasteiger partial charge in [-0.05, 0) is 45.0 Å². The van der Waals surface area contributed by atoms with Crippen molar-refractivity contribution in [2.75, 3.05) is 18.1 Å². The number of hydrogen-bond donors (Lipinski definition) is 1. The van der Waals surface area contributed by atoms with Crippen LogP contribution in [-0.2, 0) is 4.79 Å². The normalized spacial score (nSPS) is 14.1. The summed E-state index contributed by atoms with van der Waals surface area (Å²) in [5.74, 6) is -1.05. The van der Waals surface area contributed by atoms with Gasteiger partial charge in [0.2, 0.25) is 0 Å². The van der Waals surface area contributed by atoms with Crippen LogP contribution in [-0.4, -0.2) is 46.7 Å². The average Bonchev–Trinajstić information content (AvgIpc) is 2.93. The van der Waals surface area contributed by atoms with Crippen LogP contribution >= 0.6 is 0 Å². The summed E-state index contributed by atoms with van der Waals surface area (Å²) in [5, 5.41) is 15.2. The third kappa shape index (κ3) is 4.31. The van der Waals surface area contributed by atoms with E-state index in [1.54, 1.807) is 17.0 Å². The molecule has 1 N–H and O–H groups in total. The summed E-state index contributed by atoms with van der Waals surface area (Å²) >= 11 is 0. The number of benzene rings is 1. The first-order valence-electron chi connectivity index (χ1n) is 7.83. The maximum Gasteiger partial charge on any atom is 0.305 e. The molecule has 1 aromatic carbocycles. The molecule has 0 saturated heterocycles. The van der Waals surface area contributed by atoms with Gasteiger partial charge in [0.25, 0.3) is 5.91 Å². The molecule has 1 aliphatic rings. The zero-order valence-corrected chi connectivity index (χ0v) is 13.8. The molecule has 124 valence electrons. The second-order valence-electron chi connectivity index (χ2n) is 5.99. The lowest BCUT2D eigenvalue weighted by Crippen LogP contribution is -2.38. The highest BCUT2D eigenvalue weighted by atomic mass is 16.4. The monoisotopic (exact) mass is 317 g/mol. The second-order valence-corrected chi connectivity index (χ2v) is 5.99. The van der Waals surface area contributed by atoms with Crippen LogP contribution in [0.1, 0.15) is 44.0 Å². The van der Waals surface area contributed by atoms with Gasteiger partial charge in [0, 0.05) is 36.8 Å². The molecule has 2 rings (SSSR count). The van der Waals surface area contributed by atoms with Crippen LogP contribution < -0.4 is 5.01 Å². The Hall–Kier alpha value is -2.37. The minimum atomic E-state index is -0.902. The molecule has 0 aromatic heterocycles. The van der Waals surface area contributed by atoms with Crippen molar-refractivity contribution in [1.82, 2.24) is 4.90 Å². The van der Waals surface area contributed by atoms with E-state index in [2.05, 4.69) is 5.10 Å². The van der Waals surface area contributed by atoms with Crippen LogP contribution in [0.3, 0.4) is 0 Å². The number of carboxylic acids is 1. The molecule has 0 unspecified atom stereocenters. The Morgan fingerprint density at radius 2 is 1.96 bits per heavy atom. The number of hydrazone groups is 1. The second kappa shape index (κ2) is 7.26. The van der Waals surface area contributed by atoms with E-state index in [9.17, 15) is 9.59 Å². The summed E-state index contributed by atoms with van der Waals surface area (Å²) in [4.78, 5) is 24.9. The molecule has 6 nitrogen and oxygen atoms in total. The third-order valence-corrected chi connectivity index (χ3v) is 3.84. The Kier molecular flexibility index (Phi) is 5.36. The van der Waals surface area contributed by atoms with Crippen molar-refractivity contribution in [2.45, 2.75) is 39.7 Å². The van der Waals surface area contributed by atoms with Gasteiger partial charge in [0.15, 0.2) is 0 Å². The highest BCUT2D eigenvalue weighted by molar-refractivity contribution is 5.95. The van der Waals surface area contributed by atoms with Crippen molar-refractivity contribution in [3.05, 3.63) is 29.8 Å². The Bertz CT molecular complexity index is 608. The molecule has 0 atom stereocenters. The molecule has 1 amide bonds. The molecular formula is C17H23N3O3. The number of aliphatic carboxylic acids is 1. The summed E-state index contributed by atoms with van der Waals surface area (Å²) in [6.45, 7) is 6.84. The van der Waals surface area contributed by atoms with Gasteiger partial charge in [-0.2, -0.15) is 5.10 Å². The number of carboxylic acid groups (broad SMARTS) is 1.